The Hall–Kier alpha value is 0.0169. The fraction of sp³-hybridized carbons (Fsp3) is 0.800. The highest BCUT2D eigenvalue weighted by atomic mass is 79.9. The van der Waals surface area contributed by atoms with Crippen LogP contribution >= 0.6 is 15.9 Å². The summed E-state index contributed by atoms with van der Waals surface area (Å²) < 4.78 is 6.25. The molecule has 0 amide bonds. The van der Waals surface area contributed by atoms with E-state index in [1.807, 2.05) is 6.26 Å². The first-order valence-electron chi connectivity index (χ1n) is 7.02. The Morgan fingerprint density at radius 1 is 1.06 bits per heavy atom. The summed E-state index contributed by atoms with van der Waals surface area (Å²) in [5.74, 6) is 0. The first kappa shape index (κ1) is 18.0. The molecule has 0 spiro atoms. The smallest absolute Gasteiger partial charge is 0.258 e. The molecule has 106 valence electrons. The number of alkyl halides is 1. The van der Waals surface area contributed by atoms with Crippen LogP contribution in [0.2, 0.25) is 16.6 Å². The molecule has 0 N–H and O–H groups in total. The Balaban J connectivity index is 4.76. The van der Waals surface area contributed by atoms with Crippen molar-refractivity contribution in [2.45, 2.75) is 71.0 Å². The third kappa shape index (κ3) is 4.95. The molecule has 0 unspecified atom stereocenters. The van der Waals surface area contributed by atoms with E-state index in [0.717, 1.165) is 18.2 Å². The Labute approximate surface area is 123 Å². The first-order valence-corrected chi connectivity index (χ1v) is 10.3. The molecular weight excluding hydrogens is 304 g/mol. The lowest BCUT2D eigenvalue weighted by Crippen LogP contribution is -2.46. The number of hydrogen-bond donors (Lipinski definition) is 0. The van der Waals surface area contributed by atoms with Crippen molar-refractivity contribution >= 4 is 24.2 Å². The normalized spacial score (nSPS) is 11.9. The van der Waals surface area contributed by atoms with Crippen molar-refractivity contribution in [1.29, 1.82) is 0 Å². The topological polar surface area (TPSA) is 9.23 Å². The van der Waals surface area contributed by atoms with Crippen molar-refractivity contribution in [2.24, 2.45) is 0 Å². The van der Waals surface area contributed by atoms with E-state index in [9.17, 15) is 0 Å². The van der Waals surface area contributed by atoms with Crippen LogP contribution in [0.1, 0.15) is 54.4 Å². The monoisotopic (exact) mass is 332 g/mol. The van der Waals surface area contributed by atoms with Gasteiger partial charge in [0.1, 0.15) is 6.26 Å². The maximum atomic E-state index is 6.25. The van der Waals surface area contributed by atoms with E-state index in [2.05, 4.69) is 69.3 Å². The molecule has 0 rings (SSSR count). The van der Waals surface area contributed by atoms with Gasteiger partial charge in [-0.15, -0.1) is 0 Å². The Kier molecular flexibility index (Phi) is 9.01. The summed E-state index contributed by atoms with van der Waals surface area (Å²) in [7, 11) is -1.74. The highest BCUT2D eigenvalue weighted by Gasteiger charge is 2.46. The van der Waals surface area contributed by atoms with Crippen LogP contribution in [-0.4, -0.2) is 13.6 Å². The molecule has 0 aromatic rings. The zero-order chi connectivity index (χ0) is 14.2. The second-order valence-electron chi connectivity index (χ2n) is 5.76. The van der Waals surface area contributed by atoms with E-state index in [1.54, 1.807) is 0 Å². The highest BCUT2D eigenvalue weighted by Crippen LogP contribution is 2.42. The molecule has 3 heteroatoms. The third-order valence-corrected chi connectivity index (χ3v) is 10.1. The highest BCUT2D eigenvalue weighted by molar-refractivity contribution is 9.09. The molecule has 0 radical (unpaired) electrons. The molecule has 0 saturated carbocycles. The third-order valence-electron chi connectivity index (χ3n) is 3.64. The zero-order valence-electron chi connectivity index (χ0n) is 12.8. The fourth-order valence-electron chi connectivity index (χ4n) is 2.85. The van der Waals surface area contributed by atoms with Crippen LogP contribution in [0.5, 0.6) is 0 Å². The zero-order valence-corrected chi connectivity index (χ0v) is 15.4. The summed E-state index contributed by atoms with van der Waals surface area (Å²) in [4.78, 5) is 0. The second-order valence-corrected chi connectivity index (χ2v) is 12.0. The summed E-state index contributed by atoms with van der Waals surface area (Å²) in [5.41, 5.74) is 5.05. The largest absolute Gasteiger partial charge is 0.542 e. The van der Waals surface area contributed by atoms with Gasteiger partial charge in [0.25, 0.3) is 8.32 Å². The number of unbranched alkanes of at least 4 members (excludes halogenated alkanes) is 1. The van der Waals surface area contributed by atoms with Crippen molar-refractivity contribution in [3.05, 3.63) is 18.1 Å². The molecule has 0 aromatic heterocycles. The van der Waals surface area contributed by atoms with Gasteiger partial charge in [-0.2, -0.15) is 0 Å². The maximum absolute atomic E-state index is 6.25. The van der Waals surface area contributed by atoms with Gasteiger partial charge in [0, 0.05) is 5.33 Å². The van der Waals surface area contributed by atoms with E-state index in [-0.39, 0.29) is 0 Å². The SMILES string of the molecule is CC(C)[Si](OC=C=CCCCBr)(C(C)C)C(C)C. The van der Waals surface area contributed by atoms with Crippen LogP contribution in [0.25, 0.3) is 0 Å². The van der Waals surface area contributed by atoms with E-state index < -0.39 is 8.32 Å². The van der Waals surface area contributed by atoms with Gasteiger partial charge < -0.3 is 4.43 Å². The van der Waals surface area contributed by atoms with Gasteiger partial charge in [0.05, 0.1) is 0 Å². The fourth-order valence-corrected chi connectivity index (χ4v) is 8.27. The van der Waals surface area contributed by atoms with Crippen molar-refractivity contribution in [1.82, 2.24) is 0 Å². The van der Waals surface area contributed by atoms with E-state index in [1.165, 1.54) is 0 Å². The molecule has 0 aliphatic heterocycles. The molecule has 0 aromatic carbocycles. The van der Waals surface area contributed by atoms with Crippen molar-refractivity contribution < 1.29 is 4.43 Å². The van der Waals surface area contributed by atoms with Gasteiger partial charge in [-0.1, -0.05) is 63.2 Å². The number of hydrogen-bond acceptors (Lipinski definition) is 1. The molecule has 1 nitrogen and oxygen atoms in total. The molecule has 0 bridgehead atoms. The minimum absolute atomic E-state index is 0.623. The van der Waals surface area contributed by atoms with Crippen LogP contribution in [0, 0.1) is 0 Å². The van der Waals surface area contributed by atoms with Crippen molar-refractivity contribution in [3.8, 4) is 0 Å². The van der Waals surface area contributed by atoms with Gasteiger partial charge in [-0.05, 0) is 35.5 Å². The lowest BCUT2D eigenvalue weighted by atomic mass is 10.3. The van der Waals surface area contributed by atoms with Crippen LogP contribution in [0.3, 0.4) is 0 Å². The molecule has 18 heavy (non-hydrogen) atoms. The molecule has 0 heterocycles. The van der Waals surface area contributed by atoms with E-state index >= 15 is 0 Å². The molecular formula is C15H29BrOSi. The van der Waals surface area contributed by atoms with Gasteiger partial charge in [0.2, 0.25) is 0 Å². The van der Waals surface area contributed by atoms with Crippen molar-refractivity contribution in [3.63, 3.8) is 0 Å². The average Bonchev–Trinajstić information content (AvgIpc) is 2.26. The van der Waals surface area contributed by atoms with Crippen LogP contribution in [0.15, 0.2) is 18.1 Å². The molecule has 0 fully saturated rings. The molecule has 0 aliphatic rings. The van der Waals surface area contributed by atoms with Gasteiger partial charge >= 0.3 is 0 Å². The number of halogens is 1. The predicted octanol–water partition coefficient (Wildman–Crippen LogP) is 6.02. The van der Waals surface area contributed by atoms with Gasteiger partial charge in [0.15, 0.2) is 0 Å². The molecule has 0 saturated heterocycles. The Bertz CT molecular complexity index is 256. The average molecular weight is 333 g/mol. The van der Waals surface area contributed by atoms with E-state index in [4.69, 9.17) is 4.43 Å². The maximum Gasteiger partial charge on any atom is 0.258 e. The standard InChI is InChI=1S/C15H29BrOSi/c1-13(2)18(14(3)4,15(5)6)17-12-10-8-7-9-11-16/h8,12-15H,7,9,11H2,1-6H3. The Morgan fingerprint density at radius 2 is 1.56 bits per heavy atom. The quantitative estimate of drug-likeness (QED) is 0.173. The number of rotatable bonds is 8. The van der Waals surface area contributed by atoms with Crippen molar-refractivity contribution in [2.75, 3.05) is 5.33 Å². The lowest BCUT2D eigenvalue weighted by Gasteiger charge is -2.40. The van der Waals surface area contributed by atoms with Gasteiger partial charge in [-0.25, -0.2) is 0 Å². The molecule has 0 aliphatic carbocycles. The predicted molar refractivity (Wildman–Crippen MR) is 87.8 cm³/mol. The minimum atomic E-state index is -1.74. The van der Waals surface area contributed by atoms with Crippen LogP contribution in [0.4, 0.5) is 0 Å². The summed E-state index contributed by atoms with van der Waals surface area (Å²) in [5, 5.41) is 1.05. The first-order chi connectivity index (χ1) is 8.39. The summed E-state index contributed by atoms with van der Waals surface area (Å²) in [6.07, 6.45) is 6.11. The van der Waals surface area contributed by atoms with Crippen LogP contribution in [-0.2, 0) is 4.43 Å². The van der Waals surface area contributed by atoms with E-state index in [0.29, 0.717) is 16.6 Å². The lowest BCUT2D eigenvalue weighted by molar-refractivity contribution is 0.417. The van der Waals surface area contributed by atoms with Crippen LogP contribution < -0.4 is 0 Å². The summed E-state index contributed by atoms with van der Waals surface area (Å²) >= 11 is 3.43. The Morgan fingerprint density at radius 3 is 1.94 bits per heavy atom. The molecule has 0 atom stereocenters. The summed E-state index contributed by atoms with van der Waals surface area (Å²) in [6, 6.07) is 0. The minimum Gasteiger partial charge on any atom is -0.542 e. The summed E-state index contributed by atoms with van der Waals surface area (Å²) in [6.45, 7) is 13.8. The van der Waals surface area contributed by atoms with Gasteiger partial charge in [-0.3, -0.25) is 0 Å². The second kappa shape index (κ2) is 9.01. The number of allylic oxidation sites excluding steroid dienone is 1.